The molecular formula is C25H22N4O3. The second-order valence-electron chi connectivity index (χ2n) is 7.35. The summed E-state index contributed by atoms with van der Waals surface area (Å²) in [6.07, 6.45) is 8.79. The Morgan fingerprint density at radius 3 is 2.53 bits per heavy atom. The number of nitrogens with zero attached hydrogens (tertiary/aromatic N) is 1. The van der Waals surface area contributed by atoms with E-state index in [-0.39, 0.29) is 23.2 Å². The fraction of sp³-hybridized carbons (Fsp3) is 0.0800. The molecule has 0 bridgehead atoms. The number of rotatable bonds is 6. The van der Waals surface area contributed by atoms with E-state index in [9.17, 15) is 9.90 Å². The van der Waals surface area contributed by atoms with Gasteiger partial charge < -0.3 is 21.3 Å². The summed E-state index contributed by atoms with van der Waals surface area (Å²) in [5, 5.41) is 17.3. The number of nitrogen functional groups attached to an aromatic ring is 2. The largest absolute Gasteiger partial charge is 0.486 e. The summed E-state index contributed by atoms with van der Waals surface area (Å²) in [6, 6.07) is 15.4. The molecule has 3 aromatic rings. The number of nitrogens with two attached hydrogens (primary N) is 2. The first-order valence-electron chi connectivity index (χ1n) is 10.0. The monoisotopic (exact) mass is 426 g/mol. The highest BCUT2D eigenvalue weighted by molar-refractivity contribution is 6.06. The molecule has 1 atom stereocenters. The minimum Gasteiger partial charge on any atom is -0.486 e. The number of carbonyl (C=O) groups is 1. The molecule has 2 aromatic carbocycles. The van der Waals surface area contributed by atoms with Gasteiger partial charge >= 0.3 is 5.97 Å². The lowest BCUT2D eigenvalue weighted by Gasteiger charge is -2.17. The van der Waals surface area contributed by atoms with Gasteiger partial charge in [0, 0.05) is 23.2 Å². The molecule has 0 fully saturated rings. The number of hydrogen-bond acceptors (Lipinski definition) is 5. The van der Waals surface area contributed by atoms with Gasteiger partial charge in [0.05, 0.1) is 22.5 Å². The Labute approximate surface area is 185 Å². The van der Waals surface area contributed by atoms with Gasteiger partial charge in [0.2, 0.25) is 0 Å². The Hall–Kier alpha value is -4.39. The van der Waals surface area contributed by atoms with E-state index in [1.54, 1.807) is 18.2 Å². The second kappa shape index (κ2) is 8.77. The lowest BCUT2D eigenvalue weighted by molar-refractivity contribution is 0.0697. The fourth-order valence-corrected chi connectivity index (χ4v) is 3.53. The summed E-state index contributed by atoms with van der Waals surface area (Å²) in [4.78, 5) is 16.0. The van der Waals surface area contributed by atoms with Gasteiger partial charge in [-0.25, -0.2) is 9.78 Å². The van der Waals surface area contributed by atoms with Crippen LogP contribution in [-0.4, -0.2) is 28.0 Å². The van der Waals surface area contributed by atoms with Crippen LogP contribution in [0.5, 0.6) is 5.75 Å². The van der Waals surface area contributed by atoms with Gasteiger partial charge in [-0.3, -0.25) is 5.41 Å². The molecule has 160 valence electrons. The van der Waals surface area contributed by atoms with Crippen molar-refractivity contribution in [1.82, 2.24) is 4.98 Å². The highest BCUT2D eigenvalue weighted by Gasteiger charge is 2.17. The number of anilines is 1. The Morgan fingerprint density at radius 1 is 1.09 bits per heavy atom. The molecule has 7 nitrogen and oxygen atoms in total. The van der Waals surface area contributed by atoms with E-state index < -0.39 is 5.97 Å². The summed E-state index contributed by atoms with van der Waals surface area (Å²) in [6.45, 7) is 0. The van der Waals surface area contributed by atoms with Crippen LogP contribution in [0.3, 0.4) is 0 Å². The third kappa shape index (κ3) is 4.37. The first-order chi connectivity index (χ1) is 15.4. The molecule has 0 saturated carbocycles. The van der Waals surface area contributed by atoms with Gasteiger partial charge in [-0.05, 0) is 48.5 Å². The SMILES string of the molecule is N=C(N)c1c(N)cc(-c2cccc(C(=O)O)c2)nc1-c1ccc(OC2C=CC=CC2)cc1. The maximum absolute atomic E-state index is 11.3. The smallest absolute Gasteiger partial charge is 0.335 e. The number of nitrogens with one attached hydrogen (secondary N) is 1. The summed E-state index contributed by atoms with van der Waals surface area (Å²) < 4.78 is 5.97. The predicted octanol–water partition coefficient (Wildman–Crippen LogP) is 4.24. The zero-order valence-electron chi connectivity index (χ0n) is 17.2. The molecule has 0 saturated heterocycles. The van der Waals surface area contributed by atoms with E-state index in [1.807, 2.05) is 42.5 Å². The molecule has 0 spiro atoms. The second-order valence-corrected chi connectivity index (χ2v) is 7.35. The van der Waals surface area contributed by atoms with E-state index in [1.165, 1.54) is 12.1 Å². The van der Waals surface area contributed by atoms with Crippen molar-refractivity contribution in [3.63, 3.8) is 0 Å². The van der Waals surface area contributed by atoms with Crippen LogP contribution < -0.4 is 16.2 Å². The normalized spacial score (nSPS) is 14.8. The zero-order chi connectivity index (χ0) is 22.7. The minimum absolute atomic E-state index is 0.0164. The average Bonchev–Trinajstić information content (AvgIpc) is 2.79. The molecule has 4 rings (SSSR count). The molecule has 1 heterocycles. The van der Waals surface area contributed by atoms with Crippen LogP contribution in [0.4, 0.5) is 5.69 Å². The highest BCUT2D eigenvalue weighted by atomic mass is 16.5. The maximum atomic E-state index is 11.3. The molecule has 1 aliphatic carbocycles. The summed E-state index contributed by atoms with van der Waals surface area (Å²) in [5.74, 6) is -0.518. The van der Waals surface area contributed by atoms with Crippen molar-refractivity contribution >= 4 is 17.5 Å². The molecular weight excluding hydrogens is 404 g/mol. The third-order valence-electron chi connectivity index (χ3n) is 5.08. The van der Waals surface area contributed by atoms with Crippen LogP contribution in [0, 0.1) is 5.41 Å². The van der Waals surface area contributed by atoms with Gasteiger partial charge in [-0.1, -0.05) is 30.4 Å². The molecule has 0 radical (unpaired) electrons. The first-order valence-corrected chi connectivity index (χ1v) is 10.0. The van der Waals surface area contributed by atoms with Crippen LogP contribution in [0.2, 0.25) is 0 Å². The van der Waals surface area contributed by atoms with Crippen molar-refractivity contribution in [2.24, 2.45) is 5.73 Å². The molecule has 1 unspecified atom stereocenters. The van der Waals surface area contributed by atoms with Gasteiger partial charge in [0.25, 0.3) is 0 Å². The predicted molar refractivity (Wildman–Crippen MR) is 125 cm³/mol. The van der Waals surface area contributed by atoms with Crippen molar-refractivity contribution in [1.29, 1.82) is 5.41 Å². The fourth-order valence-electron chi connectivity index (χ4n) is 3.53. The number of aromatic carboxylic acids is 1. The number of pyridine rings is 1. The standard InChI is InChI=1S/C25H22N4O3/c26-20-14-21(16-5-4-6-17(13-16)25(30)31)29-23(22(20)24(27)28)15-9-11-19(12-10-15)32-18-7-2-1-3-8-18/h1-7,9-14,18H,8H2,(H2,26,29)(H3,27,28)(H,30,31). The Morgan fingerprint density at radius 2 is 1.88 bits per heavy atom. The van der Waals surface area contributed by atoms with Crippen LogP contribution >= 0.6 is 0 Å². The number of carboxylic acid groups (broad SMARTS) is 1. The number of carboxylic acids is 1. The topological polar surface area (TPSA) is 135 Å². The number of amidine groups is 1. The maximum Gasteiger partial charge on any atom is 0.335 e. The van der Waals surface area contributed by atoms with E-state index >= 15 is 0 Å². The molecule has 0 amide bonds. The van der Waals surface area contributed by atoms with E-state index in [0.29, 0.717) is 33.8 Å². The van der Waals surface area contributed by atoms with Crippen molar-refractivity contribution < 1.29 is 14.6 Å². The summed E-state index contributed by atoms with van der Waals surface area (Å²) in [5.41, 5.74) is 15.1. The number of ether oxygens (including phenoxy) is 1. The summed E-state index contributed by atoms with van der Waals surface area (Å²) in [7, 11) is 0. The molecule has 32 heavy (non-hydrogen) atoms. The highest BCUT2D eigenvalue weighted by Crippen LogP contribution is 2.32. The molecule has 6 N–H and O–H groups in total. The Kier molecular flexibility index (Phi) is 5.72. The van der Waals surface area contributed by atoms with Crippen molar-refractivity contribution in [3.8, 4) is 28.3 Å². The molecule has 0 aliphatic heterocycles. The van der Waals surface area contributed by atoms with E-state index in [4.69, 9.17) is 21.6 Å². The average molecular weight is 426 g/mol. The third-order valence-corrected chi connectivity index (χ3v) is 5.08. The first kappa shape index (κ1) is 20.9. The molecule has 7 heteroatoms. The zero-order valence-corrected chi connectivity index (χ0v) is 17.2. The van der Waals surface area contributed by atoms with Gasteiger partial charge in [0.15, 0.2) is 0 Å². The van der Waals surface area contributed by atoms with Gasteiger partial charge in [-0.15, -0.1) is 0 Å². The Balaban J connectivity index is 1.73. The van der Waals surface area contributed by atoms with Gasteiger partial charge in [0.1, 0.15) is 17.7 Å². The lowest BCUT2D eigenvalue weighted by Crippen LogP contribution is -2.16. The van der Waals surface area contributed by atoms with Gasteiger partial charge in [-0.2, -0.15) is 0 Å². The quantitative estimate of drug-likeness (QED) is 0.344. The van der Waals surface area contributed by atoms with Crippen molar-refractivity contribution in [3.05, 3.63) is 90.0 Å². The summed E-state index contributed by atoms with van der Waals surface area (Å²) >= 11 is 0. The lowest BCUT2D eigenvalue weighted by atomic mass is 10.00. The van der Waals surface area contributed by atoms with Crippen molar-refractivity contribution in [2.75, 3.05) is 5.73 Å². The number of benzene rings is 2. The molecule has 1 aromatic heterocycles. The van der Waals surface area contributed by atoms with Crippen LogP contribution in [-0.2, 0) is 0 Å². The minimum atomic E-state index is -1.03. The van der Waals surface area contributed by atoms with Crippen LogP contribution in [0.25, 0.3) is 22.5 Å². The number of aromatic nitrogens is 1. The Bertz CT molecular complexity index is 1250. The number of allylic oxidation sites excluding steroid dienone is 2. The number of hydrogen-bond donors (Lipinski definition) is 4. The van der Waals surface area contributed by atoms with Crippen LogP contribution in [0.15, 0.2) is 78.9 Å². The van der Waals surface area contributed by atoms with E-state index in [2.05, 4.69) is 11.1 Å². The van der Waals surface area contributed by atoms with Crippen molar-refractivity contribution in [2.45, 2.75) is 12.5 Å². The van der Waals surface area contributed by atoms with Crippen LogP contribution in [0.1, 0.15) is 22.3 Å². The molecule has 1 aliphatic rings. The van der Waals surface area contributed by atoms with E-state index in [0.717, 1.165) is 6.42 Å².